The molecule has 2 aromatic carbocycles. The molecule has 0 heterocycles. The lowest BCUT2D eigenvalue weighted by Gasteiger charge is -2.12. The highest BCUT2D eigenvalue weighted by molar-refractivity contribution is 6.06. The second-order valence-corrected chi connectivity index (χ2v) is 5.56. The molecular formula is C20H23NO4. The van der Waals surface area contributed by atoms with Gasteiger partial charge in [0.05, 0.1) is 12.2 Å². The number of rotatable bonds is 9. The quantitative estimate of drug-likeness (QED) is 0.555. The van der Waals surface area contributed by atoms with E-state index in [4.69, 9.17) is 14.2 Å². The van der Waals surface area contributed by atoms with Gasteiger partial charge in [-0.25, -0.2) is 0 Å². The van der Waals surface area contributed by atoms with Crippen LogP contribution in [0.4, 0.5) is 5.69 Å². The van der Waals surface area contributed by atoms with Crippen molar-refractivity contribution >= 4 is 11.6 Å². The number of benzene rings is 2. The number of anilines is 1. The Morgan fingerprint density at radius 1 is 1.04 bits per heavy atom. The van der Waals surface area contributed by atoms with Crippen molar-refractivity contribution < 1.29 is 19.0 Å². The summed E-state index contributed by atoms with van der Waals surface area (Å²) in [5.41, 5.74) is 2.04. The van der Waals surface area contributed by atoms with Crippen LogP contribution in [0.5, 0.6) is 11.5 Å². The van der Waals surface area contributed by atoms with E-state index in [9.17, 15) is 4.79 Å². The van der Waals surface area contributed by atoms with Crippen LogP contribution in [-0.2, 0) is 4.74 Å². The monoisotopic (exact) mass is 341 g/mol. The van der Waals surface area contributed by atoms with Crippen molar-refractivity contribution in [2.45, 2.75) is 6.92 Å². The molecule has 0 spiro atoms. The zero-order valence-electron chi connectivity index (χ0n) is 14.6. The van der Waals surface area contributed by atoms with E-state index in [0.717, 1.165) is 11.3 Å². The minimum atomic E-state index is -0.231. The third-order valence-corrected chi connectivity index (χ3v) is 3.27. The van der Waals surface area contributed by atoms with Crippen molar-refractivity contribution in [3.05, 3.63) is 66.2 Å². The van der Waals surface area contributed by atoms with Crippen LogP contribution in [0.3, 0.4) is 0 Å². The maximum Gasteiger partial charge on any atom is 0.259 e. The average Bonchev–Trinajstić information content (AvgIpc) is 2.62. The van der Waals surface area contributed by atoms with Gasteiger partial charge in [-0.05, 0) is 48.9 Å². The number of amides is 1. The predicted molar refractivity (Wildman–Crippen MR) is 98.5 cm³/mol. The molecule has 2 rings (SSSR count). The third-order valence-electron chi connectivity index (χ3n) is 3.27. The van der Waals surface area contributed by atoms with Gasteiger partial charge in [0, 0.05) is 12.8 Å². The van der Waals surface area contributed by atoms with Crippen molar-refractivity contribution in [2.24, 2.45) is 0 Å². The molecule has 0 aliphatic heterocycles. The van der Waals surface area contributed by atoms with Gasteiger partial charge in [-0.1, -0.05) is 18.7 Å². The van der Waals surface area contributed by atoms with Crippen LogP contribution in [0.25, 0.3) is 0 Å². The Balaban J connectivity index is 2.01. The minimum Gasteiger partial charge on any atom is -0.491 e. The Bertz CT molecular complexity index is 710. The van der Waals surface area contributed by atoms with Gasteiger partial charge >= 0.3 is 0 Å². The minimum absolute atomic E-state index is 0.231. The first-order valence-electron chi connectivity index (χ1n) is 7.99. The lowest BCUT2D eigenvalue weighted by Crippen LogP contribution is -2.14. The van der Waals surface area contributed by atoms with E-state index in [1.54, 1.807) is 49.6 Å². The molecule has 0 saturated heterocycles. The molecule has 5 nitrogen and oxygen atoms in total. The lowest BCUT2D eigenvalue weighted by molar-refractivity contribution is 0.102. The second-order valence-electron chi connectivity index (χ2n) is 5.56. The van der Waals surface area contributed by atoms with Crippen molar-refractivity contribution in [3.8, 4) is 11.5 Å². The largest absolute Gasteiger partial charge is 0.491 e. The Kier molecular flexibility index (Phi) is 7.04. The van der Waals surface area contributed by atoms with Gasteiger partial charge in [-0.2, -0.15) is 0 Å². The zero-order valence-corrected chi connectivity index (χ0v) is 14.6. The molecule has 2 aromatic rings. The first-order chi connectivity index (χ1) is 12.1. The van der Waals surface area contributed by atoms with Gasteiger partial charge in [-0.3, -0.25) is 4.79 Å². The number of methoxy groups -OCH3 is 1. The zero-order chi connectivity index (χ0) is 18.1. The number of hydrogen-bond donors (Lipinski definition) is 1. The first-order valence-corrected chi connectivity index (χ1v) is 7.99. The average molecular weight is 341 g/mol. The highest BCUT2D eigenvalue weighted by Crippen LogP contribution is 2.21. The number of para-hydroxylation sites is 1. The Morgan fingerprint density at radius 2 is 1.76 bits per heavy atom. The Morgan fingerprint density at radius 3 is 2.44 bits per heavy atom. The summed E-state index contributed by atoms with van der Waals surface area (Å²) < 4.78 is 16.1. The molecule has 132 valence electrons. The van der Waals surface area contributed by atoms with Crippen molar-refractivity contribution in [2.75, 3.05) is 32.2 Å². The molecule has 0 saturated carbocycles. The highest BCUT2D eigenvalue weighted by atomic mass is 16.5. The Hall–Kier alpha value is -2.79. The maximum absolute atomic E-state index is 12.5. The van der Waals surface area contributed by atoms with E-state index < -0.39 is 0 Å². The fraction of sp³-hybridized carbons (Fsp3) is 0.250. The highest BCUT2D eigenvalue weighted by Gasteiger charge is 2.12. The fourth-order valence-corrected chi connectivity index (χ4v) is 2.06. The van der Waals surface area contributed by atoms with Gasteiger partial charge in [-0.15, -0.1) is 0 Å². The van der Waals surface area contributed by atoms with Crippen LogP contribution < -0.4 is 14.8 Å². The summed E-state index contributed by atoms with van der Waals surface area (Å²) in [5, 5.41) is 2.86. The number of carbonyl (C=O) groups is 1. The van der Waals surface area contributed by atoms with Crippen LogP contribution in [-0.4, -0.2) is 32.8 Å². The topological polar surface area (TPSA) is 56.8 Å². The van der Waals surface area contributed by atoms with Crippen molar-refractivity contribution in [1.82, 2.24) is 0 Å². The van der Waals surface area contributed by atoms with Crippen LogP contribution in [0.15, 0.2) is 60.7 Å². The number of ether oxygens (including phenoxy) is 3. The summed E-state index contributed by atoms with van der Waals surface area (Å²) in [6.07, 6.45) is 0. The van der Waals surface area contributed by atoms with E-state index in [0.29, 0.717) is 36.8 Å². The van der Waals surface area contributed by atoms with Gasteiger partial charge in [0.25, 0.3) is 5.91 Å². The summed E-state index contributed by atoms with van der Waals surface area (Å²) in [4.78, 5) is 12.5. The molecule has 0 unspecified atom stereocenters. The molecule has 0 aliphatic rings. The van der Waals surface area contributed by atoms with Gasteiger partial charge in [0.1, 0.15) is 24.7 Å². The molecular weight excluding hydrogens is 318 g/mol. The second kappa shape index (κ2) is 9.49. The van der Waals surface area contributed by atoms with Crippen LogP contribution in [0.1, 0.15) is 17.3 Å². The molecule has 1 N–H and O–H groups in total. The molecule has 0 atom stereocenters. The number of nitrogens with one attached hydrogen (secondary N) is 1. The molecule has 0 aromatic heterocycles. The van der Waals surface area contributed by atoms with Crippen LogP contribution in [0, 0.1) is 0 Å². The molecule has 5 heteroatoms. The number of carbonyl (C=O) groups excluding carboxylic acids is 1. The lowest BCUT2D eigenvalue weighted by atomic mass is 10.2. The molecule has 1 amide bonds. The molecule has 0 bridgehead atoms. The van der Waals surface area contributed by atoms with E-state index in [-0.39, 0.29) is 5.91 Å². The Labute approximate surface area is 148 Å². The summed E-state index contributed by atoms with van der Waals surface area (Å²) in [6, 6.07) is 14.3. The van der Waals surface area contributed by atoms with Gasteiger partial charge < -0.3 is 19.5 Å². The summed E-state index contributed by atoms with van der Waals surface area (Å²) in [7, 11) is 1.62. The molecule has 25 heavy (non-hydrogen) atoms. The summed E-state index contributed by atoms with van der Waals surface area (Å²) in [6.45, 7) is 7.06. The van der Waals surface area contributed by atoms with E-state index in [2.05, 4.69) is 11.9 Å². The van der Waals surface area contributed by atoms with Gasteiger partial charge in [0.15, 0.2) is 0 Å². The number of hydrogen-bond acceptors (Lipinski definition) is 4. The van der Waals surface area contributed by atoms with Crippen molar-refractivity contribution in [1.29, 1.82) is 0 Å². The molecule has 0 aliphatic carbocycles. The smallest absolute Gasteiger partial charge is 0.259 e. The SMILES string of the molecule is C=C(C)COc1ccccc1C(=O)Nc1ccc(OCCOC)cc1. The van der Waals surface area contributed by atoms with Gasteiger partial charge in [0.2, 0.25) is 0 Å². The normalized spacial score (nSPS) is 10.2. The first kappa shape index (κ1) is 18.5. The summed E-state index contributed by atoms with van der Waals surface area (Å²) in [5.74, 6) is 1.02. The molecule has 0 fully saturated rings. The van der Waals surface area contributed by atoms with E-state index in [1.165, 1.54) is 0 Å². The fourth-order valence-electron chi connectivity index (χ4n) is 2.06. The third kappa shape index (κ3) is 5.97. The van der Waals surface area contributed by atoms with E-state index >= 15 is 0 Å². The maximum atomic E-state index is 12.5. The predicted octanol–water partition coefficient (Wildman–Crippen LogP) is 3.92. The molecule has 0 radical (unpaired) electrons. The van der Waals surface area contributed by atoms with Crippen molar-refractivity contribution in [3.63, 3.8) is 0 Å². The van der Waals surface area contributed by atoms with Crippen LogP contribution >= 0.6 is 0 Å². The van der Waals surface area contributed by atoms with Crippen LogP contribution in [0.2, 0.25) is 0 Å². The standard InChI is InChI=1S/C20H23NO4/c1-15(2)14-25-19-7-5-4-6-18(19)20(22)21-16-8-10-17(11-9-16)24-13-12-23-3/h4-11H,1,12-14H2,2-3H3,(H,21,22). The summed E-state index contributed by atoms with van der Waals surface area (Å²) >= 11 is 0. The van der Waals surface area contributed by atoms with E-state index in [1.807, 2.05) is 13.0 Å².